The fraction of sp³-hybridized carbons (Fsp3) is 0.600. The standard InChI is InChI=1S/C40H49F3N4O6S/c1-24(2)54(50,51)44-37(48)28-9-11-33-34(15-28)47-23-39(38(49)45-17-25-19-46(40(41,42)43)20-26(18-45)22-53-21-25)16-30(39)13-29-14-31(52-3)10-12-32(29)36(47)35(33)27-7-5-4-6-8-27/h9-12,14-15,24-27,30H,4-8,13,16-23H2,1-3H3,(H,44,48)/t25-,26+,30-,39+/m1/s1. The summed E-state index contributed by atoms with van der Waals surface area (Å²) in [5, 5.41) is 0.183. The number of hydrogen-bond acceptors (Lipinski definition) is 7. The van der Waals surface area contributed by atoms with Crippen LogP contribution in [0.3, 0.4) is 0 Å². The second-order valence-corrected chi connectivity index (χ2v) is 18.8. The van der Waals surface area contributed by atoms with Gasteiger partial charge >= 0.3 is 6.30 Å². The predicted molar refractivity (Wildman–Crippen MR) is 198 cm³/mol. The summed E-state index contributed by atoms with van der Waals surface area (Å²) in [7, 11) is -2.25. The molecule has 1 N–H and O–H groups in total. The van der Waals surface area contributed by atoms with E-state index in [-0.39, 0.29) is 62.7 Å². The first-order valence-electron chi connectivity index (χ1n) is 19.3. The van der Waals surface area contributed by atoms with E-state index in [1.165, 1.54) is 19.4 Å². The number of nitrogens with one attached hydrogen (secondary N) is 1. The third kappa shape index (κ3) is 6.69. The molecule has 54 heavy (non-hydrogen) atoms. The molecule has 4 aliphatic heterocycles. The molecule has 10 nitrogen and oxygen atoms in total. The first kappa shape index (κ1) is 37.3. The Morgan fingerprint density at radius 2 is 1.69 bits per heavy atom. The number of nitrogens with zero attached hydrogens (tertiary/aromatic N) is 3. The van der Waals surface area contributed by atoms with Gasteiger partial charge in [-0.25, -0.2) is 18.0 Å². The fourth-order valence-electron chi connectivity index (χ4n) is 9.71. The lowest BCUT2D eigenvalue weighted by molar-refractivity contribution is -0.259. The van der Waals surface area contributed by atoms with E-state index in [2.05, 4.69) is 21.4 Å². The minimum atomic E-state index is -4.45. The Labute approximate surface area is 314 Å². The Morgan fingerprint density at radius 1 is 0.981 bits per heavy atom. The number of amides is 2. The smallest absolute Gasteiger partial charge is 0.459 e. The Kier molecular flexibility index (Phi) is 9.56. The van der Waals surface area contributed by atoms with Crippen LogP contribution in [0.5, 0.6) is 5.75 Å². The summed E-state index contributed by atoms with van der Waals surface area (Å²) in [5.74, 6) is -0.796. The lowest BCUT2D eigenvalue weighted by Gasteiger charge is -2.43. The van der Waals surface area contributed by atoms with E-state index in [0.29, 0.717) is 30.0 Å². The van der Waals surface area contributed by atoms with E-state index < -0.39 is 44.7 Å². The normalized spacial score (nSPS) is 26.5. The van der Waals surface area contributed by atoms with E-state index in [4.69, 9.17) is 9.47 Å². The molecule has 2 aliphatic carbocycles. The number of halogens is 3. The SMILES string of the molecule is COc1ccc2c(c1)C[C@@H]1C[C@]1(C(=O)N1C[C@H]3COC[C@@H](C1)CN(C(F)(F)F)C3)Cn1c-2c(C2CCCCC2)c2ccc(C(=O)NS(=O)(=O)C(C)C)cc21. The van der Waals surface area contributed by atoms with Gasteiger partial charge in [0, 0.05) is 66.6 Å². The number of alkyl halides is 3. The quantitative estimate of drug-likeness (QED) is 0.292. The van der Waals surface area contributed by atoms with Crippen molar-refractivity contribution in [2.75, 3.05) is 46.5 Å². The molecule has 2 saturated carbocycles. The summed E-state index contributed by atoms with van der Waals surface area (Å²) in [6.07, 6.45) is 2.18. The first-order valence-corrected chi connectivity index (χ1v) is 20.8. The van der Waals surface area contributed by atoms with Crippen molar-refractivity contribution in [3.8, 4) is 17.0 Å². The molecule has 9 rings (SSSR count). The molecule has 0 spiro atoms. The number of ether oxygens (including phenoxy) is 2. The first-order chi connectivity index (χ1) is 25.7. The summed E-state index contributed by atoms with van der Waals surface area (Å²) < 4.78 is 83.3. The summed E-state index contributed by atoms with van der Waals surface area (Å²) in [6, 6.07) is 11.5. The fourth-order valence-corrected chi connectivity index (χ4v) is 10.3. The lowest BCUT2D eigenvalue weighted by Crippen LogP contribution is -2.56. The van der Waals surface area contributed by atoms with Gasteiger partial charge in [-0.1, -0.05) is 25.3 Å². The Morgan fingerprint density at radius 3 is 2.33 bits per heavy atom. The Balaban J connectivity index is 1.26. The van der Waals surface area contributed by atoms with Crippen LogP contribution < -0.4 is 9.46 Å². The highest BCUT2D eigenvalue weighted by atomic mass is 32.2. The Hall–Kier alpha value is -3.62. The molecule has 14 heteroatoms. The van der Waals surface area contributed by atoms with Crippen molar-refractivity contribution in [1.82, 2.24) is 19.1 Å². The van der Waals surface area contributed by atoms with Crippen LogP contribution >= 0.6 is 0 Å². The van der Waals surface area contributed by atoms with Gasteiger partial charge in [-0.05, 0) is 92.8 Å². The topological polar surface area (TPSA) is 110 Å². The van der Waals surface area contributed by atoms with Gasteiger partial charge in [-0.3, -0.25) is 9.59 Å². The van der Waals surface area contributed by atoms with Crippen LogP contribution in [0.4, 0.5) is 13.2 Å². The van der Waals surface area contributed by atoms with Gasteiger partial charge in [0.15, 0.2) is 0 Å². The highest BCUT2D eigenvalue weighted by Crippen LogP contribution is 2.60. The van der Waals surface area contributed by atoms with E-state index in [0.717, 1.165) is 59.8 Å². The molecule has 3 aromatic rings. The number of carbonyl (C=O) groups excluding carboxylic acids is 2. The molecule has 3 saturated heterocycles. The second-order valence-electron chi connectivity index (χ2n) is 16.6. The maximum Gasteiger partial charge on any atom is 0.459 e. The van der Waals surface area contributed by atoms with Crippen molar-refractivity contribution in [2.45, 2.75) is 82.8 Å². The minimum absolute atomic E-state index is 0.0181. The third-order valence-electron chi connectivity index (χ3n) is 12.6. The number of fused-ring (bicyclic) bond motifs is 12. The largest absolute Gasteiger partial charge is 0.497 e. The zero-order valence-corrected chi connectivity index (χ0v) is 31.9. The van der Waals surface area contributed by atoms with E-state index in [1.807, 2.05) is 17.0 Å². The summed E-state index contributed by atoms with van der Waals surface area (Å²) in [5.41, 5.74) is 4.47. The minimum Gasteiger partial charge on any atom is -0.497 e. The number of rotatable bonds is 6. The third-order valence-corrected chi connectivity index (χ3v) is 14.3. The van der Waals surface area contributed by atoms with Crippen LogP contribution in [0.1, 0.15) is 79.8 Å². The van der Waals surface area contributed by atoms with Gasteiger partial charge in [-0.2, -0.15) is 13.2 Å². The molecule has 1 aromatic heterocycles. The maximum atomic E-state index is 15.1. The predicted octanol–water partition coefficient (Wildman–Crippen LogP) is 6.32. The van der Waals surface area contributed by atoms with E-state index in [1.54, 1.807) is 19.2 Å². The molecule has 2 amide bonds. The van der Waals surface area contributed by atoms with Crippen LogP contribution in [-0.4, -0.2) is 92.7 Å². The molecular formula is C40H49F3N4O6S. The molecule has 0 radical (unpaired) electrons. The Bertz CT molecular complexity index is 2060. The highest BCUT2D eigenvalue weighted by Gasteiger charge is 2.62. The van der Waals surface area contributed by atoms with Crippen LogP contribution in [0.15, 0.2) is 36.4 Å². The van der Waals surface area contributed by atoms with Gasteiger partial charge in [-0.15, -0.1) is 0 Å². The second kappa shape index (κ2) is 13.8. The molecule has 0 unspecified atom stereocenters. The molecule has 292 valence electrons. The van der Waals surface area contributed by atoms with Gasteiger partial charge in [0.2, 0.25) is 15.9 Å². The average molecular weight is 771 g/mol. The van der Waals surface area contributed by atoms with E-state index >= 15 is 4.79 Å². The van der Waals surface area contributed by atoms with Crippen molar-refractivity contribution >= 4 is 32.7 Å². The van der Waals surface area contributed by atoms with Gasteiger partial charge < -0.3 is 18.9 Å². The van der Waals surface area contributed by atoms with Crippen molar-refractivity contribution in [2.24, 2.45) is 23.2 Å². The van der Waals surface area contributed by atoms with Crippen molar-refractivity contribution in [1.29, 1.82) is 0 Å². The molecule has 4 atom stereocenters. The zero-order valence-electron chi connectivity index (χ0n) is 31.1. The summed E-state index contributed by atoms with van der Waals surface area (Å²) in [4.78, 5) is 31.0. The molecule has 6 aliphatic rings. The molecular weight excluding hydrogens is 722 g/mol. The lowest BCUT2D eigenvalue weighted by atomic mass is 9.80. The number of benzene rings is 2. The highest BCUT2D eigenvalue weighted by molar-refractivity contribution is 7.90. The van der Waals surface area contributed by atoms with E-state index in [9.17, 15) is 26.4 Å². The van der Waals surface area contributed by atoms with Crippen LogP contribution in [0, 0.1) is 23.2 Å². The van der Waals surface area contributed by atoms with Crippen LogP contribution in [-0.2, 0) is 32.5 Å². The van der Waals surface area contributed by atoms with Gasteiger partial charge in [0.1, 0.15) is 5.75 Å². The van der Waals surface area contributed by atoms with Gasteiger partial charge in [0.25, 0.3) is 5.91 Å². The number of carbonyl (C=O) groups is 2. The monoisotopic (exact) mass is 770 g/mol. The summed E-state index contributed by atoms with van der Waals surface area (Å²) in [6.45, 7) is 3.61. The number of hydrogen-bond donors (Lipinski definition) is 1. The molecule has 5 fully saturated rings. The van der Waals surface area contributed by atoms with Crippen LogP contribution in [0.2, 0.25) is 0 Å². The number of aromatic nitrogens is 1. The van der Waals surface area contributed by atoms with Crippen molar-refractivity contribution in [3.63, 3.8) is 0 Å². The van der Waals surface area contributed by atoms with Gasteiger partial charge in [0.05, 0.1) is 36.7 Å². The maximum absolute atomic E-state index is 15.1. The molecule has 5 heterocycles. The number of methoxy groups -OCH3 is 1. The van der Waals surface area contributed by atoms with Crippen LogP contribution in [0.25, 0.3) is 22.2 Å². The summed E-state index contributed by atoms with van der Waals surface area (Å²) >= 11 is 0. The molecule has 2 aromatic carbocycles. The average Bonchev–Trinajstić information content (AvgIpc) is 3.69. The van der Waals surface area contributed by atoms with Crippen molar-refractivity contribution < 1.29 is 40.7 Å². The molecule has 2 bridgehead atoms. The number of sulfonamides is 1. The zero-order chi connectivity index (χ0) is 38.2. The van der Waals surface area contributed by atoms with Crippen molar-refractivity contribution in [3.05, 3.63) is 53.1 Å².